The van der Waals surface area contributed by atoms with Crippen LogP contribution in [0.2, 0.25) is 4.34 Å². The smallest absolute Gasteiger partial charge is 0.174 e. The van der Waals surface area contributed by atoms with E-state index in [-0.39, 0.29) is 5.78 Å². The lowest BCUT2D eigenvalue weighted by Gasteiger charge is -2.22. The van der Waals surface area contributed by atoms with Crippen LogP contribution in [0.1, 0.15) is 81.3 Å². The zero-order valence-corrected chi connectivity index (χ0v) is 16.4. The molecule has 0 amide bonds. The molecule has 23 heavy (non-hydrogen) atoms. The van der Waals surface area contributed by atoms with Gasteiger partial charge in [-0.15, -0.1) is 11.3 Å². The van der Waals surface area contributed by atoms with Crippen LogP contribution in [0.15, 0.2) is 12.1 Å². The molecular formula is C19H32ClNOS. The maximum Gasteiger partial charge on any atom is 0.174 e. The van der Waals surface area contributed by atoms with Crippen LogP contribution in [-0.4, -0.2) is 30.3 Å². The van der Waals surface area contributed by atoms with E-state index in [2.05, 4.69) is 18.7 Å². The van der Waals surface area contributed by atoms with Gasteiger partial charge in [0.2, 0.25) is 0 Å². The highest BCUT2D eigenvalue weighted by Crippen LogP contribution is 2.22. The van der Waals surface area contributed by atoms with Crippen LogP contribution in [0.3, 0.4) is 0 Å². The summed E-state index contributed by atoms with van der Waals surface area (Å²) in [6.45, 7) is 7.63. The number of thiophene rings is 1. The predicted molar refractivity (Wildman–Crippen MR) is 103 cm³/mol. The minimum atomic E-state index is 0.231. The van der Waals surface area contributed by atoms with Gasteiger partial charge in [-0.1, -0.05) is 64.0 Å². The molecule has 0 aliphatic carbocycles. The molecule has 1 rings (SSSR count). The normalized spacial score (nSPS) is 11.3. The molecule has 0 aliphatic rings. The molecule has 0 unspecified atom stereocenters. The number of halogens is 1. The van der Waals surface area contributed by atoms with Gasteiger partial charge in [0.25, 0.3) is 0 Å². The van der Waals surface area contributed by atoms with Gasteiger partial charge < -0.3 is 4.90 Å². The molecule has 132 valence electrons. The molecule has 0 saturated heterocycles. The van der Waals surface area contributed by atoms with Crippen molar-refractivity contribution < 1.29 is 4.79 Å². The standard InChI is InChI=1S/C19H32ClNOS/c1-3-5-7-9-14-21(15-10-8-6-4-2)16-13-17(22)18-11-12-19(20)23-18/h11-12H,3-10,13-16H2,1-2H3. The van der Waals surface area contributed by atoms with Crippen molar-refractivity contribution in [3.63, 3.8) is 0 Å². The molecule has 4 heteroatoms. The summed E-state index contributed by atoms with van der Waals surface area (Å²) < 4.78 is 0.698. The lowest BCUT2D eigenvalue weighted by molar-refractivity contribution is 0.0967. The van der Waals surface area contributed by atoms with Crippen LogP contribution in [-0.2, 0) is 0 Å². The monoisotopic (exact) mass is 357 g/mol. The summed E-state index contributed by atoms with van der Waals surface area (Å²) >= 11 is 7.31. The minimum Gasteiger partial charge on any atom is -0.303 e. The number of nitrogens with zero attached hydrogens (tertiary/aromatic N) is 1. The van der Waals surface area contributed by atoms with E-state index in [0.717, 1.165) is 24.5 Å². The number of carbonyl (C=O) groups excluding carboxylic acids is 1. The summed E-state index contributed by atoms with van der Waals surface area (Å²) in [4.78, 5) is 15.5. The summed E-state index contributed by atoms with van der Waals surface area (Å²) in [5.74, 6) is 0.231. The van der Waals surface area contributed by atoms with E-state index >= 15 is 0 Å². The van der Waals surface area contributed by atoms with Crippen LogP contribution in [0.25, 0.3) is 0 Å². The van der Waals surface area contributed by atoms with Crippen LogP contribution in [0, 0.1) is 0 Å². The molecule has 0 bridgehead atoms. The lowest BCUT2D eigenvalue weighted by atomic mass is 10.1. The van der Waals surface area contributed by atoms with Gasteiger partial charge in [-0.05, 0) is 38.1 Å². The number of hydrogen-bond acceptors (Lipinski definition) is 3. The van der Waals surface area contributed by atoms with E-state index in [4.69, 9.17) is 11.6 Å². The Morgan fingerprint density at radius 3 is 2.04 bits per heavy atom. The number of ketones is 1. The summed E-state index contributed by atoms with van der Waals surface area (Å²) in [6, 6.07) is 3.66. The zero-order valence-electron chi connectivity index (χ0n) is 14.8. The van der Waals surface area contributed by atoms with E-state index in [0.29, 0.717) is 10.8 Å². The number of hydrogen-bond donors (Lipinski definition) is 0. The average Bonchev–Trinajstić information content (AvgIpc) is 2.98. The predicted octanol–water partition coefficient (Wildman–Crippen LogP) is 6.44. The minimum absolute atomic E-state index is 0.231. The van der Waals surface area contributed by atoms with Gasteiger partial charge in [0.1, 0.15) is 0 Å². The van der Waals surface area contributed by atoms with E-state index in [1.807, 2.05) is 12.1 Å². The summed E-state index contributed by atoms with van der Waals surface area (Å²) in [5.41, 5.74) is 0. The van der Waals surface area contributed by atoms with Crippen molar-refractivity contribution in [2.45, 2.75) is 71.6 Å². The third-order valence-corrected chi connectivity index (χ3v) is 5.43. The van der Waals surface area contributed by atoms with Gasteiger partial charge in [-0.3, -0.25) is 4.79 Å². The second kappa shape index (κ2) is 13.0. The number of rotatable bonds is 14. The molecule has 0 saturated carbocycles. The molecule has 2 nitrogen and oxygen atoms in total. The summed E-state index contributed by atoms with van der Waals surface area (Å²) in [6.07, 6.45) is 10.9. The van der Waals surface area contributed by atoms with E-state index in [1.54, 1.807) is 0 Å². The Bertz CT molecular complexity index is 421. The van der Waals surface area contributed by atoms with Crippen molar-refractivity contribution in [3.8, 4) is 0 Å². The highest BCUT2D eigenvalue weighted by molar-refractivity contribution is 7.18. The summed E-state index contributed by atoms with van der Waals surface area (Å²) in [5, 5.41) is 0. The maximum atomic E-state index is 12.2. The second-order valence-electron chi connectivity index (χ2n) is 6.24. The first kappa shape index (κ1) is 20.7. The zero-order chi connectivity index (χ0) is 16.9. The van der Waals surface area contributed by atoms with Gasteiger partial charge in [0, 0.05) is 13.0 Å². The third kappa shape index (κ3) is 9.49. The Morgan fingerprint density at radius 1 is 0.957 bits per heavy atom. The molecule has 0 N–H and O–H groups in total. The molecule has 0 fully saturated rings. The van der Waals surface area contributed by atoms with Crippen LogP contribution in [0.5, 0.6) is 0 Å². The van der Waals surface area contributed by atoms with Crippen LogP contribution in [0.4, 0.5) is 0 Å². The van der Waals surface area contributed by atoms with Crippen molar-refractivity contribution in [2.24, 2.45) is 0 Å². The molecule has 0 atom stereocenters. The molecular weight excluding hydrogens is 326 g/mol. The first-order valence-corrected chi connectivity index (χ1v) is 10.4. The number of unbranched alkanes of at least 4 members (excludes halogenated alkanes) is 6. The fraction of sp³-hybridized carbons (Fsp3) is 0.737. The van der Waals surface area contributed by atoms with Crippen molar-refractivity contribution >= 4 is 28.7 Å². The number of carbonyl (C=O) groups is 1. The van der Waals surface area contributed by atoms with Gasteiger partial charge in [0.15, 0.2) is 5.78 Å². The molecule has 1 aromatic rings. The molecule has 0 aromatic carbocycles. The van der Waals surface area contributed by atoms with Gasteiger partial charge in [-0.25, -0.2) is 0 Å². The Morgan fingerprint density at radius 2 is 1.57 bits per heavy atom. The molecule has 0 spiro atoms. The van der Waals surface area contributed by atoms with Gasteiger partial charge in [-0.2, -0.15) is 0 Å². The van der Waals surface area contributed by atoms with Crippen molar-refractivity contribution in [3.05, 3.63) is 21.3 Å². The molecule has 0 aliphatic heterocycles. The van der Waals surface area contributed by atoms with Crippen molar-refractivity contribution in [2.75, 3.05) is 19.6 Å². The fourth-order valence-electron chi connectivity index (χ4n) is 2.71. The summed E-state index contributed by atoms with van der Waals surface area (Å²) in [7, 11) is 0. The highest BCUT2D eigenvalue weighted by atomic mass is 35.5. The second-order valence-corrected chi connectivity index (χ2v) is 7.95. The Balaban J connectivity index is 2.35. The third-order valence-electron chi connectivity index (χ3n) is 4.16. The molecule has 1 heterocycles. The van der Waals surface area contributed by atoms with Crippen molar-refractivity contribution in [1.82, 2.24) is 4.90 Å². The Kier molecular flexibility index (Phi) is 11.7. The maximum absolute atomic E-state index is 12.2. The highest BCUT2D eigenvalue weighted by Gasteiger charge is 2.12. The first-order chi connectivity index (χ1) is 11.2. The fourth-order valence-corrected chi connectivity index (χ4v) is 3.72. The number of Topliss-reactive ketones (excluding diaryl/α,β-unsaturated/α-hetero) is 1. The van der Waals surface area contributed by atoms with Crippen molar-refractivity contribution in [1.29, 1.82) is 0 Å². The Labute approximate surface area is 151 Å². The largest absolute Gasteiger partial charge is 0.303 e. The SMILES string of the molecule is CCCCCCN(CCCCCC)CCC(=O)c1ccc(Cl)s1. The topological polar surface area (TPSA) is 20.3 Å². The molecule has 0 radical (unpaired) electrons. The average molecular weight is 358 g/mol. The van der Waals surface area contributed by atoms with Gasteiger partial charge >= 0.3 is 0 Å². The van der Waals surface area contributed by atoms with E-state index < -0.39 is 0 Å². The van der Waals surface area contributed by atoms with Gasteiger partial charge in [0.05, 0.1) is 9.21 Å². The quantitative estimate of drug-likeness (QED) is 0.282. The first-order valence-electron chi connectivity index (χ1n) is 9.18. The Hall–Kier alpha value is -0.380. The van der Waals surface area contributed by atoms with Crippen LogP contribution >= 0.6 is 22.9 Å². The van der Waals surface area contributed by atoms with E-state index in [1.165, 1.54) is 62.7 Å². The molecule has 1 aromatic heterocycles. The lowest BCUT2D eigenvalue weighted by Crippen LogP contribution is -2.28. The van der Waals surface area contributed by atoms with Crippen LogP contribution < -0.4 is 0 Å². The van der Waals surface area contributed by atoms with E-state index in [9.17, 15) is 4.79 Å².